The first kappa shape index (κ1) is 15.5. The van der Waals surface area contributed by atoms with Gasteiger partial charge in [-0.05, 0) is 37.0 Å². The standard InChI is InChI=1S/C18H22N4O/c1-14-5-2-3-6-15(14)13-17(23)21-16-7-11-22(12-8-16)18-19-9-4-10-20-18/h2-6,9-10,16H,7-8,11-13H2,1H3,(H,21,23). The summed E-state index contributed by atoms with van der Waals surface area (Å²) in [4.78, 5) is 23.0. The van der Waals surface area contributed by atoms with E-state index in [9.17, 15) is 4.79 Å². The molecule has 120 valence electrons. The highest BCUT2D eigenvalue weighted by molar-refractivity contribution is 5.79. The van der Waals surface area contributed by atoms with Gasteiger partial charge in [0.15, 0.2) is 0 Å². The van der Waals surface area contributed by atoms with Crippen molar-refractivity contribution < 1.29 is 4.79 Å². The van der Waals surface area contributed by atoms with Crippen molar-refractivity contribution in [2.24, 2.45) is 0 Å². The van der Waals surface area contributed by atoms with Gasteiger partial charge in [0.05, 0.1) is 6.42 Å². The van der Waals surface area contributed by atoms with E-state index in [0.29, 0.717) is 6.42 Å². The Hall–Kier alpha value is -2.43. The van der Waals surface area contributed by atoms with E-state index in [0.717, 1.165) is 37.4 Å². The fraction of sp³-hybridized carbons (Fsp3) is 0.389. The first-order chi connectivity index (χ1) is 11.2. The summed E-state index contributed by atoms with van der Waals surface area (Å²) >= 11 is 0. The van der Waals surface area contributed by atoms with Gasteiger partial charge in [-0.15, -0.1) is 0 Å². The molecule has 1 aromatic carbocycles. The number of rotatable bonds is 4. The van der Waals surface area contributed by atoms with Crippen LogP contribution in [0.25, 0.3) is 0 Å². The van der Waals surface area contributed by atoms with Crippen LogP contribution in [0.3, 0.4) is 0 Å². The molecule has 1 saturated heterocycles. The Balaban J connectivity index is 1.49. The van der Waals surface area contributed by atoms with E-state index in [1.165, 1.54) is 5.56 Å². The lowest BCUT2D eigenvalue weighted by Gasteiger charge is -2.32. The maximum absolute atomic E-state index is 12.2. The number of anilines is 1. The molecule has 5 heteroatoms. The molecule has 1 aliphatic heterocycles. The molecule has 1 aromatic heterocycles. The summed E-state index contributed by atoms with van der Waals surface area (Å²) in [5, 5.41) is 3.16. The Labute approximate surface area is 136 Å². The van der Waals surface area contributed by atoms with Gasteiger partial charge in [-0.3, -0.25) is 4.79 Å². The van der Waals surface area contributed by atoms with Crippen LogP contribution in [-0.4, -0.2) is 35.0 Å². The Morgan fingerprint density at radius 1 is 1.17 bits per heavy atom. The molecule has 0 atom stereocenters. The number of nitrogens with zero attached hydrogens (tertiary/aromatic N) is 3. The SMILES string of the molecule is Cc1ccccc1CC(=O)NC1CCN(c2ncccn2)CC1. The molecule has 2 heterocycles. The minimum atomic E-state index is 0.105. The van der Waals surface area contributed by atoms with Crippen LogP contribution >= 0.6 is 0 Å². The molecule has 0 spiro atoms. The first-order valence-electron chi connectivity index (χ1n) is 8.08. The first-order valence-corrected chi connectivity index (χ1v) is 8.08. The van der Waals surface area contributed by atoms with E-state index in [-0.39, 0.29) is 11.9 Å². The second kappa shape index (κ2) is 7.22. The highest BCUT2D eigenvalue weighted by Crippen LogP contribution is 2.15. The van der Waals surface area contributed by atoms with E-state index in [4.69, 9.17) is 0 Å². The van der Waals surface area contributed by atoms with E-state index in [1.807, 2.05) is 37.3 Å². The van der Waals surface area contributed by atoms with Crippen molar-refractivity contribution in [3.05, 3.63) is 53.9 Å². The van der Waals surface area contributed by atoms with Gasteiger partial charge in [0, 0.05) is 31.5 Å². The molecule has 1 aliphatic rings. The number of carbonyl (C=O) groups excluding carboxylic acids is 1. The van der Waals surface area contributed by atoms with Gasteiger partial charge in [0.2, 0.25) is 11.9 Å². The summed E-state index contributed by atoms with van der Waals surface area (Å²) in [6.07, 6.45) is 5.83. The van der Waals surface area contributed by atoms with Crippen molar-refractivity contribution in [3.63, 3.8) is 0 Å². The Bertz CT molecular complexity index is 651. The fourth-order valence-electron chi connectivity index (χ4n) is 2.94. The van der Waals surface area contributed by atoms with Gasteiger partial charge >= 0.3 is 0 Å². The van der Waals surface area contributed by atoms with Crippen LogP contribution in [0.4, 0.5) is 5.95 Å². The van der Waals surface area contributed by atoms with E-state index >= 15 is 0 Å². The maximum Gasteiger partial charge on any atom is 0.225 e. The lowest BCUT2D eigenvalue weighted by atomic mass is 10.0. The smallest absolute Gasteiger partial charge is 0.225 e. The van der Waals surface area contributed by atoms with Crippen LogP contribution in [0, 0.1) is 6.92 Å². The number of piperidine rings is 1. The zero-order valence-electron chi connectivity index (χ0n) is 13.4. The number of carbonyl (C=O) groups is 1. The lowest BCUT2D eigenvalue weighted by molar-refractivity contribution is -0.121. The largest absolute Gasteiger partial charge is 0.353 e. The summed E-state index contributed by atoms with van der Waals surface area (Å²) in [7, 11) is 0. The number of hydrogen-bond donors (Lipinski definition) is 1. The molecule has 1 amide bonds. The van der Waals surface area contributed by atoms with Crippen LogP contribution in [0.15, 0.2) is 42.7 Å². The molecule has 1 N–H and O–H groups in total. The second-order valence-electron chi connectivity index (χ2n) is 5.98. The fourth-order valence-corrected chi connectivity index (χ4v) is 2.94. The predicted octanol–water partition coefficient (Wildman–Crippen LogP) is 2.11. The van der Waals surface area contributed by atoms with Gasteiger partial charge < -0.3 is 10.2 Å². The van der Waals surface area contributed by atoms with Crippen molar-refractivity contribution in [3.8, 4) is 0 Å². The minimum Gasteiger partial charge on any atom is -0.353 e. The van der Waals surface area contributed by atoms with Crippen LogP contribution in [0.1, 0.15) is 24.0 Å². The average Bonchev–Trinajstić information content (AvgIpc) is 2.58. The van der Waals surface area contributed by atoms with Crippen LogP contribution in [-0.2, 0) is 11.2 Å². The monoisotopic (exact) mass is 310 g/mol. The second-order valence-corrected chi connectivity index (χ2v) is 5.98. The van der Waals surface area contributed by atoms with E-state index in [2.05, 4.69) is 20.2 Å². The van der Waals surface area contributed by atoms with Gasteiger partial charge in [0.1, 0.15) is 0 Å². The van der Waals surface area contributed by atoms with Crippen molar-refractivity contribution >= 4 is 11.9 Å². The van der Waals surface area contributed by atoms with Gasteiger partial charge in [-0.2, -0.15) is 0 Å². The quantitative estimate of drug-likeness (QED) is 0.940. The van der Waals surface area contributed by atoms with Gasteiger partial charge in [-0.25, -0.2) is 9.97 Å². The molecule has 0 bridgehead atoms. The Kier molecular flexibility index (Phi) is 4.86. The predicted molar refractivity (Wildman–Crippen MR) is 90.3 cm³/mol. The Morgan fingerprint density at radius 3 is 2.57 bits per heavy atom. The summed E-state index contributed by atoms with van der Waals surface area (Å²) in [6, 6.07) is 10.1. The number of nitrogens with one attached hydrogen (secondary N) is 1. The van der Waals surface area contributed by atoms with Crippen molar-refractivity contribution in [2.75, 3.05) is 18.0 Å². The summed E-state index contributed by atoms with van der Waals surface area (Å²) in [6.45, 7) is 3.79. The van der Waals surface area contributed by atoms with Crippen molar-refractivity contribution in [1.82, 2.24) is 15.3 Å². The molecule has 2 aromatic rings. The van der Waals surface area contributed by atoms with Gasteiger partial charge in [-0.1, -0.05) is 24.3 Å². The van der Waals surface area contributed by atoms with E-state index in [1.54, 1.807) is 12.4 Å². The summed E-state index contributed by atoms with van der Waals surface area (Å²) < 4.78 is 0. The van der Waals surface area contributed by atoms with Crippen LogP contribution in [0.5, 0.6) is 0 Å². The normalized spacial score (nSPS) is 15.4. The minimum absolute atomic E-state index is 0.105. The molecule has 1 fully saturated rings. The zero-order chi connectivity index (χ0) is 16.1. The van der Waals surface area contributed by atoms with Crippen LogP contribution in [0.2, 0.25) is 0 Å². The highest BCUT2D eigenvalue weighted by Gasteiger charge is 2.22. The molecule has 5 nitrogen and oxygen atoms in total. The molecule has 0 aliphatic carbocycles. The molecule has 3 rings (SSSR count). The van der Waals surface area contributed by atoms with Gasteiger partial charge in [0.25, 0.3) is 0 Å². The zero-order valence-corrected chi connectivity index (χ0v) is 13.4. The summed E-state index contributed by atoms with van der Waals surface area (Å²) in [5.74, 6) is 0.880. The maximum atomic E-state index is 12.2. The molecule has 23 heavy (non-hydrogen) atoms. The lowest BCUT2D eigenvalue weighted by Crippen LogP contribution is -2.45. The number of hydrogen-bond acceptors (Lipinski definition) is 4. The molecule has 0 unspecified atom stereocenters. The average molecular weight is 310 g/mol. The summed E-state index contributed by atoms with van der Waals surface area (Å²) in [5.41, 5.74) is 2.26. The molecular weight excluding hydrogens is 288 g/mol. The molecule has 0 radical (unpaired) electrons. The van der Waals surface area contributed by atoms with E-state index < -0.39 is 0 Å². The molecular formula is C18H22N4O. The Morgan fingerprint density at radius 2 is 1.87 bits per heavy atom. The number of aromatic nitrogens is 2. The number of benzene rings is 1. The highest BCUT2D eigenvalue weighted by atomic mass is 16.1. The topological polar surface area (TPSA) is 58.1 Å². The van der Waals surface area contributed by atoms with Crippen molar-refractivity contribution in [2.45, 2.75) is 32.2 Å². The van der Waals surface area contributed by atoms with Crippen LogP contribution < -0.4 is 10.2 Å². The molecule has 0 saturated carbocycles. The van der Waals surface area contributed by atoms with Crippen molar-refractivity contribution in [1.29, 1.82) is 0 Å². The third-order valence-corrected chi connectivity index (χ3v) is 4.31. The third kappa shape index (κ3) is 4.06. The number of amides is 1. The third-order valence-electron chi connectivity index (χ3n) is 4.31. The number of aryl methyl sites for hydroxylation is 1.